The Kier molecular flexibility index (Phi) is 7.42. The van der Waals surface area contributed by atoms with Gasteiger partial charge in [0.2, 0.25) is 5.91 Å². The number of aryl methyl sites for hydroxylation is 1. The molecule has 2 aromatic rings. The van der Waals surface area contributed by atoms with E-state index >= 15 is 0 Å². The predicted molar refractivity (Wildman–Crippen MR) is 108 cm³/mol. The van der Waals surface area contributed by atoms with Gasteiger partial charge in [0.15, 0.2) is 11.5 Å². The van der Waals surface area contributed by atoms with E-state index in [1.165, 1.54) is 0 Å². The summed E-state index contributed by atoms with van der Waals surface area (Å²) < 4.78 is 10.7. The van der Waals surface area contributed by atoms with Crippen molar-refractivity contribution in [3.63, 3.8) is 0 Å². The highest BCUT2D eigenvalue weighted by atomic mass is 16.5. The van der Waals surface area contributed by atoms with Crippen LogP contribution in [0.5, 0.6) is 11.5 Å². The standard InChI is InChI=1S/C22H27N3O3/c1-15-9-20(27-4)21(28-5)11-19(15)16(2)24-22(26)14-25(3)13-18-8-6-7-17(10-18)12-23/h6-11,16H,13-14H2,1-5H3,(H,24,26). The third kappa shape index (κ3) is 5.48. The summed E-state index contributed by atoms with van der Waals surface area (Å²) in [5.74, 6) is 1.24. The number of likely N-dealkylation sites (N-methyl/N-ethyl adjacent to an activating group) is 1. The van der Waals surface area contributed by atoms with Crippen LogP contribution in [0.2, 0.25) is 0 Å². The molecule has 0 heterocycles. The van der Waals surface area contributed by atoms with Crippen molar-refractivity contribution in [3.8, 4) is 17.6 Å². The molecule has 1 N–H and O–H groups in total. The van der Waals surface area contributed by atoms with Crippen molar-refractivity contribution in [2.75, 3.05) is 27.8 Å². The van der Waals surface area contributed by atoms with Crippen LogP contribution < -0.4 is 14.8 Å². The molecule has 6 nitrogen and oxygen atoms in total. The molecule has 0 radical (unpaired) electrons. The fourth-order valence-electron chi connectivity index (χ4n) is 3.18. The average molecular weight is 381 g/mol. The number of carbonyl (C=O) groups excluding carboxylic acids is 1. The minimum absolute atomic E-state index is 0.0689. The first-order valence-electron chi connectivity index (χ1n) is 9.07. The molecule has 0 aliphatic heterocycles. The average Bonchev–Trinajstić information content (AvgIpc) is 2.67. The summed E-state index contributed by atoms with van der Waals surface area (Å²) in [5.41, 5.74) is 3.62. The highest BCUT2D eigenvalue weighted by Crippen LogP contribution is 2.32. The maximum atomic E-state index is 12.5. The lowest BCUT2D eigenvalue weighted by atomic mass is 10.0. The molecule has 6 heteroatoms. The summed E-state index contributed by atoms with van der Waals surface area (Å²) in [7, 11) is 5.08. The second kappa shape index (κ2) is 9.77. The molecule has 1 unspecified atom stereocenters. The molecule has 148 valence electrons. The van der Waals surface area contributed by atoms with Crippen LogP contribution in [0.4, 0.5) is 0 Å². The van der Waals surface area contributed by atoms with E-state index in [0.29, 0.717) is 23.6 Å². The topological polar surface area (TPSA) is 74.6 Å². The number of hydrogen-bond acceptors (Lipinski definition) is 5. The minimum atomic E-state index is -0.164. The van der Waals surface area contributed by atoms with Gasteiger partial charge in [-0.2, -0.15) is 5.26 Å². The Morgan fingerprint density at radius 2 is 1.89 bits per heavy atom. The van der Waals surface area contributed by atoms with Gasteiger partial charge in [0.1, 0.15) is 0 Å². The van der Waals surface area contributed by atoms with Crippen molar-refractivity contribution in [3.05, 3.63) is 58.7 Å². The van der Waals surface area contributed by atoms with Crippen LogP contribution in [0.1, 0.15) is 35.2 Å². The lowest BCUT2D eigenvalue weighted by molar-refractivity contribution is -0.122. The summed E-state index contributed by atoms with van der Waals surface area (Å²) in [6.07, 6.45) is 0. The van der Waals surface area contributed by atoms with Crippen molar-refractivity contribution < 1.29 is 14.3 Å². The normalized spacial score (nSPS) is 11.6. The van der Waals surface area contributed by atoms with Crippen LogP contribution in [-0.2, 0) is 11.3 Å². The summed E-state index contributed by atoms with van der Waals surface area (Å²) >= 11 is 0. The van der Waals surface area contributed by atoms with Gasteiger partial charge >= 0.3 is 0 Å². The SMILES string of the molecule is COc1cc(C)c(C(C)NC(=O)CN(C)Cc2cccc(C#N)c2)cc1OC. The molecule has 0 saturated heterocycles. The van der Waals surface area contributed by atoms with E-state index in [2.05, 4.69) is 11.4 Å². The van der Waals surface area contributed by atoms with Gasteiger partial charge in [-0.3, -0.25) is 9.69 Å². The third-order valence-electron chi connectivity index (χ3n) is 4.54. The first-order chi connectivity index (χ1) is 13.4. The first kappa shape index (κ1) is 21.3. The number of hydrogen-bond donors (Lipinski definition) is 1. The van der Waals surface area contributed by atoms with Gasteiger partial charge in [-0.1, -0.05) is 12.1 Å². The van der Waals surface area contributed by atoms with E-state index < -0.39 is 0 Å². The van der Waals surface area contributed by atoms with Crippen molar-refractivity contribution in [1.82, 2.24) is 10.2 Å². The zero-order chi connectivity index (χ0) is 20.7. The Hall–Kier alpha value is -3.04. The van der Waals surface area contributed by atoms with Gasteiger partial charge in [0.05, 0.1) is 38.4 Å². The van der Waals surface area contributed by atoms with E-state index in [1.54, 1.807) is 20.3 Å². The number of nitriles is 1. The maximum absolute atomic E-state index is 12.5. The smallest absolute Gasteiger partial charge is 0.234 e. The third-order valence-corrected chi connectivity index (χ3v) is 4.54. The second-order valence-corrected chi connectivity index (χ2v) is 6.84. The van der Waals surface area contributed by atoms with Crippen LogP contribution in [0, 0.1) is 18.3 Å². The van der Waals surface area contributed by atoms with Crippen molar-refractivity contribution >= 4 is 5.91 Å². The van der Waals surface area contributed by atoms with Crippen molar-refractivity contribution in [2.45, 2.75) is 26.4 Å². The zero-order valence-corrected chi connectivity index (χ0v) is 17.1. The zero-order valence-electron chi connectivity index (χ0n) is 17.1. The first-order valence-corrected chi connectivity index (χ1v) is 9.07. The Morgan fingerprint density at radius 1 is 1.21 bits per heavy atom. The molecule has 0 aliphatic carbocycles. The molecule has 0 aromatic heterocycles. The number of methoxy groups -OCH3 is 2. The molecule has 1 amide bonds. The summed E-state index contributed by atoms with van der Waals surface area (Å²) in [4.78, 5) is 14.4. The number of amides is 1. The minimum Gasteiger partial charge on any atom is -0.493 e. The van der Waals surface area contributed by atoms with E-state index in [-0.39, 0.29) is 18.5 Å². The Labute approximate surface area is 166 Å². The lowest BCUT2D eigenvalue weighted by Gasteiger charge is -2.21. The maximum Gasteiger partial charge on any atom is 0.234 e. The molecular formula is C22H27N3O3. The molecule has 2 rings (SSSR count). The molecule has 0 spiro atoms. The number of benzene rings is 2. The van der Waals surface area contributed by atoms with E-state index in [1.807, 2.05) is 56.1 Å². The van der Waals surface area contributed by atoms with Gasteiger partial charge in [-0.05, 0) is 61.9 Å². The van der Waals surface area contributed by atoms with Gasteiger partial charge in [0, 0.05) is 6.54 Å². The second-order valence-electron chi connectivity index (χ2n) is 6.84. The fraction of sp³-hybridized carbons (Fsp3) is 0.364. The number of rotatable bonds is 8. The number of ether oxygens (including phenoxy) is 2. The molecular weight excluding hydrogens is 354 g/mol. The van der Waals surface area contributed by atoms with Crippen LogP contribution in [0.15, 0.2) is 36.4 Å². The number of nitrogens with one attached hydrogen (secondary N) is 1. The van der Waals surface area contributed by atoms with Gasteiger partial charge in [0.25, 0.3) is 0 Å². The van der Waals surface area contributed by atoms with Crippen LogP contribution >= 0.6 is 0 Å². The van der Waals surface area contributed by atoms with E-state index in [9.17, 15) is 4.79 Å². The molecule has 28 heavy (non-hydrogen) atoms. The van der Waals surface area contributed by atoms with E-state index in [4.69, 9.17) is 14.7 Å². The molecule has 1 atom stereocenters. The van der Waals surface area contributed by atoms with Crippen LogP contribution in [0.25, 0.3) is 0 Å². The molecule has 0 bridgehead atoms. The van der Waals surface area contributed by atoms with Crippen molar-refractivity contribution in [1.29, 1.82) is 5.26 Å². The monoisotopic (exact) mass is 381 g/mol. The summed E-state index contributed by atoms with van der Waals surface area (Å²) in [6, 6.07) is 13.2. The van der Waals surface area contributed by atoms with Crippen LogP contribution in [0.3, 0.4) is 0 Å². The largest absolute Gasteiger partial charge is 0.493 e. The van der Waals surface area contributed by atoms with Crippen LogP contribution in [-0.4, -0.2) is 38.6 Å². The Bertz CT molecular complexity index is 874. The molecule has 2 aromatic carbocycles. The van der Waals surface area contributed by atoms with Crippen molar-refractivity contribution in [2.24, 2.45) is 0 Å². The predicted octanol–water partition coefficient (Wildman–Crippen LogP) is 3.19. The quantitative estimate of drug-likeness (QED) is 0.760. The highest BCUT2D eigenvalue weighted by Gasteiger charge is 2.16. The molecule has 0 saturated carbocycles. The highest BCUT2D eigenvalue weighted by molar-refractivity contribution is 5.78. The summed E-state index contributed by atoms with van der Waals surface area (Å²) in [6.45, 7) is 4.77. The molecule has 0 aliphatic rings. The lowest BCUT2D eigenvalue weighted by Crippen LogP contribution is -2.36. The van der Waals surface area contributed by atoms with E-state index in [0.717, 1.165) is 16.7 Å². The van der Waals surface area contributed by atoms with Gasteiger partial charge in [-0.25, -0.2) is 0 Å². The summed E-state index contributed by atoms with van der Waals surface area (Å²) in [5, 5.41) is 12.0. The Morgan fingerprint density at radius 3 is 2.54 bits per heavy atom. The Balaban J connectivity index is 1.99. The number of nitrogens with zero attached hydrogens (tertiary/aromatic N) is 2. The molecule has 0 fully saturated rings. The van der Waals surface area contributed by atoms with Gasteiger partial charge < -0.3 is 14.8 Å². The van der Waals surface area contributed by atoms with Gasteiger partial charge in [-0.15, -0.1) is 0 Å². The fourth-order valence-corrected chi connectivity index (χ4v) is 3.18. The number of carbonyl (C=O) groups is 1.